The third kappa shape index (κ3) is 3.79. The van der Waals surface area contributed by atoms with Crippen LogP contribution in [-0.2, 0) is 20.9 Å². The number of carbonyl (C=O) groups excluding carboxylic acids is 2. The van der Waals surface area contributed by atoms with E-state index in [2.05, 4.69) is 0 Å². The highest BCUT2D eigenvalue weighted by Crippen LogP contribution is 2.16. The number of benzene rings is 1. The van der Waals surface area contributed by atoms with E-state index in [1.54, 1.807) is 4.90 Å². The Morgan fingerprint density at radius 2 is 2.11 bits per heavy atom. The summed E-state index contributed by atoms with van der Waals surface area (Å²) in [6.07, 6.45) is 0.230. The lowest BCUT2D eigenvalue weighted by Gasteiger charge is -2.16. The Balaban J connectivity index is 1.69. The smallest absolute Gasteiger partial charge is 0.223 e. The van der Waals surface area contributed by atoms with Crippen LogP contribution in [0.4, 0.5) is 0 Å². The molecule has 0 radical (unpaired) electrons. The second kappa shape index (κ2) is 6.33. The summed E-state index contributed by atoms with van der Waals surface area (Å²) in [5.41, 5.74) is 6.31. The fourth-order valence-electron chi connectivity index (χ4n) is 2.12. The van der Waals surface area contributed by atoms with Gasteiger partial charge < -0.3 is 15.4 Å². The van der Waals surface area contributed by atoms with Gasteiger partial charge in [-0.25, -0.2) is 0 Å². The minimum absolute atomic E-state index is 0.0212. The number of likely N-dealkylation sites (tertiary alicyclic amines) is 1. The molecule has 102 valence electrons. The van der Waals surface area contributed by atoms with Crippen molar-refractivity contribution in [1.29, 1.82) is 0 Å². The number of primary amides is 1. The summed E-state index contributed by atoms with van der Waals surface area (Å²) in [7, 11) is 0. The molecule has 1 aromatic carbocycles. The molecule has 2 N–H and O–H groups in total. The van der Waals surface area contributed by atoms with Gasteiger partial charge in [0.05, 0.1) is 19.1 Å². The van der Waals surface area contributed by atoms with Crippen molar-refractivity contribution in [3.63, 3.8) is 0 Å². The molecule has 0 aromatic heterocycles. The van der Waals surface area contributed by atoms with E-state index in [0.29, 0.717) is 26.3 Å². The van der Waals surface area contributed by atoms with Crippen LogP contribution in [0.2, 0.25) is 0 Å². The molecular weight excluding hydrogens is 244 g/mol. The van der Waals surface area contributed by atoms with E-state index < -0.39 is 5.91 Å². The number of rotatable bonds is 6. The first-order valence-corrected chi connectivity index (χ1v) is 6.35. The van der Waals surface area contributed by atoms with Crippen LogP contribution in [0.1, 0.15) is 12.0 Å². The standard InChI is InChI=1S/C14H18N2O3/c15-14(18)12-8-13(17)16(9-12)6-7-19-10-11-4-2-1-3-5-11/h1-5,12H,6-10H2,(H2,15,18). The second-order valence-corrected chi connectivity index (χ2v) is 4.68. The summed E-state index contributed by atoms with van der Waals surface area (Å²) >= 11 is 0. The van der Waals surface area contributed by atoms with E-state index in [-0.39, 0.29) is 18.2 Å². The predicted molar refractivity (Wildman–Crippen MR) is 70.0 cm³/mol. The molecule has 0 saturated carbocycles. The van der Waals surface area contributed by atoms with Crippen molar-refractivity contribution in [1.82, 2.24) is 4.90 Å². The Morgan fingerprint density at radius 3 is 2.74 bits per heavy atom. The molecule has 1 aromatic rings. The SMILES string of the molecule is NC(=O)C1CC(=O)N(CCOCc2ccccc2)C1. The van der Waals surface area contributed by atoms with Crippen LogP contribution >= 0.6 is 0 Å². The maximum atomic E-state index is 11.6. The van der Waals surface area contributed by atoms with Crippen LogP contribution in [-0.4, -0.2) is 36.4 Å². The third-order valence-electron chi connectivity index (χ3n) is 3.23. The fraction of sp³-hybridized carbons (Fsp3) is 0.429. The normalized spacial score (nSPS) is 18.8. The molecule has 5 nitrogen and oxygen atoms in total. The van der Waals surface area contributed by atoms with Crippen LogP contribution in [0, 0.1) is 5.92 Å². The van der Waals surface area contributed by atoms with E-state index >= 15 is 0 Å². The summed E-state index contributed by atoms with van der Waals surface area (Å²) in [4.78, 5) is 24.3. The average molecular weight is 262 g/mol. The zero-order valence-corrected chi connectivity index (χ0v) is 10.7. The van der Waals surface area contributed by atoms with Crippen molar-refractivity contribution in [3.05, 3.63) is 35.9 Å². The number of nitrogens with two attached hydrogens (primary N) is 1. The quantitative estimate of drug-likeness (QED) is 0.760. The molecule has 1 fully saturated rings. The Bertz CT molecular complexity index is 447. The molecule has 0 bridgehead atoms. The van der Waals surface area contributed by atoms with Gasteiger partial charge in [-0.15, -0.1) is 0 Å². The van der Waals surface area contributed by atoms with Crippen LogP contribution in [0.25, 0.3) is 0 Å². The Hall–Kier alpha value is -1.88. The molecule has 1 saturated heterocycles. The van der Waals surface area contributed by atoms with Crippen LogP contribution in [0.3, 0.4) is 0 Å². The zero-order valence-electron chi connectivity index (χ0n) is 10.7. The Labute approximate surface area is 112 Å². The third-order valence-corrected chi connectivity index (χ3v) is 3.23. The zero-order chi connectivity index (χ0) is 13.7. The van der Waals surface area contributed by atoms with Crippen LogP contribution in [0.5, 0.6) is 0 Å². The van der Waals surface area contributed by atoms with Crippen molar-refractivity contribution < 1.29 is 14.3 Å². The van der Waals surface area contributed by atoms with E-state index in [0.717, 1.165) is 5.56 Å². The van der Waals surface area contributed by atoms with Crippen molar-refractivity contribution >= 4 is 11.8 Å². The number of nitrogens with zero attached hydrogens (tertiary/aromatic N) is 1. The maximum Gasteiger partial charge on any atom is 0.223 e. The molecule has 19 heavy (non-hydrogen) atoms. The van der Waals surface area contributed by atoms with Gasteiger partial charge in [-0.2, -0.15) is 0 Å². The van der Waals surface area contributed by atoms with E-state index in [4.69, 9.17) is 10.5 Å². The first-order chi connectivity index (χ1) is 9.16. The first-order valence-electron chi connectivity index (χ1n) is 6.35. The highest BCUT2D eigenvalue weighted by Gasteiger charge is 2.32. The second-order valence-electron chi connectivity index (χ2n) is 4.68. The maximum absolute atomic E-state index is 11.6. The van der Waals surface area contributed by atoms with E-state index in [9.17, 15) is 9.59 Å². The molecule has 1 aliphatic rings. The average Bonchev–Trinajstić information content (AvgIpc) is 2.78. The number of hydrogen-bond acceptors (Lipinski definition) is 3. The largest absolute Gasteiger partial charge is 0.375 e. The molecule has 2 amide bonds. The lowest BCUT2D eigenvalue weighted by atomic mass is 10.1. The van der Waals surface area contributed by atoms with Crippen LogP contribution in [0.15, 0.2) is 30.3 Å². The molecule has 1 aliphatic heterocycles. The molecule has 5 heteroatoms. The highest BCUT2D eigenvalue weighted by molar-refractivity contribution is 5.88. The number of amides is 2. The lowest BCUT2D eigenvalue weighted by Crippen LogP contribution is -2.31. The van der Waals surface area contributed by atoms with E-state index in [1.807, 2.05) is 30.3 Å². The molecular formula is C14H18N2O3. The fourth-order valence-corrected chi connectivity index (χ4v) is 2.12. The molecule has 0 spiro atoms. The van der Waals surface area contributed by atoms with Gasteiger partial charge in [-0.3, -0.25) is 9.59 Å². The van der Waals surface area contributed by atoms with Crippen LogP contribution < -0.4 is 5.73 Å². The molecule has 1 heterocycles. The summed E-state index contributed by atoms with van der Waals surface area (Å²) in [5, 5.41) is 0. The topological polar surface area (TPSA) is 72.6 Å². The van der Waals surface area contributed by atoms with Crippen molar-refractivity contribution in [2.75, 3.05) is 19.7 Å². The van der Waals surface area contributed by atoms with Gasteiger partial charge in [0, 0.05) is 19.5 Å². The van der Waals surface area contributed by atoms with Gasteiger partial charge in [0.2, 0.25) is 11.8 Å². The highest BCUT2D eigenvalue weighted by atomic mass is 16.5. The van der Waals surface area contributed by atoms with Crippen molar-refractivity contribution in [2.24, 2.45) is 11.7 Å². The number of ether oxygens (including phenoxy) is 1. The van der Waals surface area contributed by atoms with Gasteiger partial charge in [0.25, 0.3) is 0 Å². The minimum Gasteiger partial charge on any atom is -0.375 e. The molecule has 1 unspecified atom stereocenters. The monoisotopic (exact) mass is 262 g/mol. The summed E-state index contributed by atoms with van der Waals surface area (Å²) in [6, 6.07) is 9.85. The first kappa shape index (κ1) is 13.5. The molecule has 2 rings (SSSR count). The summed E-state index contributed by atoms with van der Waals surface area (Å²) in [5.74, 6) is -0.769. The lowest BCUT2D eigenvalue weighted by molar-refractivity contribution is -0.129. The van der Waals surface area contributed by atoms with E-state index in [1.165, 1.54) is 0 Å². The van der Waals surface area contributed by atoms with Crippen molar-refractivity contribution in [2.45, 2.75) is 13.0 Å². The summed E-state index contributed by atoms with van der Waals surface area (Å²) in [6.45, 7) is 1.92. The van der Waals surface area contributed by atoms with Crippen molar-refractivity contribution in [3.8, 4) is 0 Å². The van der Waals surface area contributed by atoms with Gasteiger partial charge in [0.1, 0.15) is 0 Å². The predicted octanol–water partition coefficient (Wildman–Crippen LogP) is 0.537. The summed E-state index contributed by atoms with van der Waals surface area (Å²) < 4.78 is 5.52. The number of hydrogen-bond donors (Lipinski definition) is 1. The molecule has 1 atom stereocenters. The van der Waals surface area contributed by atoms with Gasteiger partial charge >= 0.3 is 0 Å². The van der Waals surface area contributed by atoms with Gasteiger partial charge in [0.15, 0.2) is 0 Å². The Morgan fingerprint density at radius 1 is 1.37 bits per heavy atom. The molecule has 0 aliphatic carbocycles. The minimum atomic E-state index is -0.402. The Kier molecular flexibility index (Phi) is 4.52. The number of carbonyl (C=O) groups is 2. The van der Waals surface area contributed by atoms with Gasteiger partial charge in [-0.1, -0.05) is 30.3 Å². The van der Waals surface area contributed by atoms with Gasteiger partial charge in [-0.05, 0) is 5.56 Å².